The SMILES string of the molecule is Cc1cc(-c2cnc(C)c([C@H](OC(C)(C)C)C(=O)O)c2N2CCC(C)(C)CC2)cnc1OCC(C)C. The van der Waals surface area contributed by atoms with Crippen LogP contribution in [0.2, 0.25) is 0 Å². The summed E-state index contributed by atoms with van der Waals surface area (Å²) in [6.45, 7) is 20.5. The lowest BCUT2D eigenvalue weighted by Crippen LogP contribution is -2.39. The molecule has 0 aromatic carbocycles. The summed E-state index contributed by atoms with van der Waals surface area (Å²) < 4.78 is 12.0. The summed E-state index contributed by atoms with van der Waals surface area (Å²) in [6.07, 6.45) is 4.55. The highest BCUT2D eigenvalue weighted by Crippen LogP contribution is 2.43. The second-order valence-corrected chi connectivity index (χ2v) is 12.2. The molecule has 0 bridgehead atoms. The van der Waals surface area contributed by atoms with E-state index >= 15 is 0 Å². The van der Waals surface area contributed by atoms with Crippen molar-refractivity contribution in [2.45, 2.75) is 86.9 Å². The van der Waals surface area contributed by atoms with Crippen LogP contribution in [0.15, 0.2) is 18.5 Å². The van der Waals surface area contributed by atoms with Crippen molar-refractivity contribution in [1.29, 1.82) is 0 Å². The predicted molar refractivity (Wildman–Crippen MR) is 144 cm³/mol. The highest BCUT2D eigenvalue weighted by atomic mass is 16.5. The van der Waals surface area contributed by atoms with Crippen LogP contribution in [0.25, 0.3) is 11.1 Å². The van der Waals surface area contributed by atoms with Crippen LogP contribution < -0.4 is 9.64 Å². The van der Waals surface area contributed by atoms with E-state index < -0.39 is 17.7 Å². The number of hydrogen-bond acceptors (Lipinski definition) is 6. The van der Waals surface area contributed by atoms with Gasteiger partial charge in [0.1, 0.15) is 0 Å². The molecular weight excluding hydrogens is 454 g/mol. The third kappa shape index (κ3) is 6.75. The van der Waals surface area contributed by atoms with Gasteiger partial charge in [-0.3, -0.25) is 4.98 Å². The Balaban J connectivity index is 2.18. The minimum Gasteiger partial charge on any atom is -0.479 e. The molecule has 0 radical (unpaired) electrons. The Kier molecular flexibility index (Phi) is 8.33. The van der Waals surface area contributed by atoms with E-state index in [9.17, 15) is 9.90 Å². The number of carboxylic acid groups (broad SMARTS) is 1. The number of carboxylic acids is 1. The van der Waals surface area contributed by atoms with E-state index in [0.29, 0.717) is 29.7 Å². The van der Waals surface area contributed by atoms with E-state index in [-0.39, 0.29) is 5.41 Å². The van der Waals surface area contributed by atoms with Crippen molar-refractivity contribution < 1.29 is 19.4 Å². The van der Waals surface area contributed by atoms with Gasteiger partial charge in [-0.15, -0.1) is 0 Å². The maximum Gasteiger partial charge on any atom is 0.337 e. The minimum atomic E-state index is -1.13. The van der Waals surface area contributed by atoms with Crippen LogP contribution in [0, 0.1) is 25.2 Å². The highest BCUT2D eigenvalue weighted by Gasteiger charge is 2.35. The van der Waals surface area contributed by atoms with Crippen LogP contribution in [0.3, 0.4) is 0 Å². The number of anilines is 1. The second kappa shape index (κ2) is 10.8. The fourth-order valence-electron chi connectivity index (χ4n) is 4.50. The van der Waals surface area contributed by atoms with Crippen molar-refractivity contribution >= 4 is 11.7 Å². The molecule has 0 saturated carbocycles. The second-order valence-electron chi connectivity index (χ2n) is 12.2. The third-order valence-electron chi connectivity index (χ3n) is 6.57. The number of aromatic nitrogens is 2. The molecule has 0 amide bonds. The normalized spacial score (nSPS) is 16.8. The Morgan fingerprint density at radius 1 is 1.14 bits per heavy atom. The quantitative estimate of drug-likeness (QED) is 0.454. The lowest BCUT2D eigenvalue weighted by molar-refractivity contribution is -0.160. The summed E-state index contributed by atoms with van der Waals surface area (Å²) >= 11 is 0. The zero-order valence-electron chi connectivity index (χ0n) is 23.4. The first-order valence-corrected chi connectivity index (χ1v) is 12.9. The molecule has 0 aliphatic carbocycles. The molecule has 3 heterocycles. The minimum absolute atomic E-state index is 0.251. The van der Waals surface area contributed by atoms with Crippen LogP contribution in [-0.4, -0.2) is 46.3 Å². The summed E-state index contributed by atoms with van der Waals surface area (Å²) in [7, 11) is 0. The molecule has 0 spiro atoms. The van der Waals surface area contributed by atoms with Gasteiger partial charge in [0.2, 0.25) is 5.88 Å². The fourth-order valence-corrected chi connectivity index (χ4v) is 4.50. The Labute approximate surface area is 216 Å². The number of pyridine rings is 2. The van der Waals surface area contributed by atoms with Gasteiger partial charge in [0, 0.05) is 53.4 Å². The number of aliphatic carboxylic acids is 1. The zero-order valence-corrected chi connectivity index (χ0v) is 23.4. The number of ether oxygens (including phenoxy) is 2. The zero-order chi connectivity index (χ0) is 26.8. The van der Waals surface area contributed by atoms with Gasteiger partial charge in [0.15, 0.2) is 6.10 Å². The van der Waals surface area contributed by atoms with Crippen LogP contribution in [0.1, 0.15) is 84.2 Å². The Morgan fingerprint density at radius 2 is 1.78 bits per heavy atom. The lowest BCUT2D eigenvalue weighted by Gasteiger charge is -2.41. The number of carbonyl (C=O) groups is 1. The molecule has 1 aliphatic rings. The average molecular weight is 498 g/mol. The molecule has 1 N–H and O–H groups in total. The van der Waals surface area contributed by atoms with Crippen molar-refractivity contribution in [2.75, 3.05) is 24.6 Å². The van der Waals surface area contributed by atoms with Gasteiger partial charge in [0.05, 0.1) is 17.9 Å². The van der Waals surface area contributed by atoms with Gasteiger partial charge in [0.25, 0.3) is 0 Å². The Bertz CT molecular complexity index is 1080. The van der Waals surface area contributed by atoms with Crippen molar-refractivity contribution in [1.82, 2.24) is 9.97 Å². The number of aryl methyl sites for hydroxylation is 2. The lowest BCUT2D eigenvalue weighted by atomic mass is 9.82. The maximum absolute atomic E-state index is 12.5. The van der Waals surface area contributed by atoms with E-state index in [1.807, 2.05) is 40.8 Å². The molecule has 1 saturated heterocycles. The van der Waals surface area contributed by atoms with Crippen molar-refractivity contribution in [2.24, 2.45) is 11.3 Å². The van der Waals surface area contributed by atoms with E-state index in [2.05, 4.69) is 48.6 Å². The largest absolute Gasteiger partial charge is 0.479 e. The molecule has 7 nitrogen and oxygen atoms in total. The number of piperidine rings is 1. The molecule has 1 aliphatic heterocycles. The van der Waals surface area contributed by atoms with Gasteiger partial charge >= 0.3 is 5.97 Å². The first kappa shape index (κ1) is 27.9. The molecule has 2 aromatic rings. The van der Waals surface area contributed by atoms with Gasteiger partial charge in [-0.2, -0.15) is 0 Å². The van der Waals surface area contributed by atoms with Crippen LogP contribution in [-0.2, 0) is 9.53 Å². The molecule has 3 rings (SSSR count). The Morgan fingerprint density at radius 3 is 2.31 bits per heavy atom. The monoisotopic (exact) mass is 497 g/mol. The first-order chi connectivity index (χ1) is 16.7. The van der Waals surface area contributed by atoms with Gasteiger partial charge in [-0.25, -0.2) is 9.78 Å². The first-order valence-electron chi connectivity index (χ1n) is 12.9. The molecule has 1 fully saturated rings. The van der Waals surface area contributed by atoms with Crippen molar-refractivity contribution in [3.05, 3.63) is 35.3 Å². The fraction of sp³-hybridized carbons (Fsp3) is 0.621. The number of nitrogens with zero attached hydrogens (tertiary/aromatic N) is 3. The third-order valence-corrected chi connectivity index (χ3v) is 6.57. The molecule has 36 heavy (non-hydrogen) atoms. The van der Waals surface area contributed by atoms with Crippen LogP contribution in [0.4, 0.5) is 5.69 Å². The van der Waals surface area contributed by atoms with E-state index in [1.165, 1.54) is 0 Å². The summed E-state index contributed by atoms with van der Waals surface area (Å²) in [6, 6.07) is 2.05. The summed E-state index contributed by atoms with van der Waals surface area (Å²) in [5.41, 5.74) is 4.46. The van der Waals surface area contributed by atoms with Gasteiger partial charge in [-0.05, 0) is 64.9 Å². The molecular formula is C29H43N3O4. The van der Waals surface area contributed by atoms with E-state index in [0.717, 1.165) is 48.3 Å². The maximum atomic E-state index is 12.5. The predicted octanol–water partition coefficient (Wildman–Crippen LogP) is 6.36. The van der Waals surface area contributed by atoms with E-state index in [4.69, 9.17) is 9.47 Å². The number of rotatable bonds is 8. The molecule has 0 unspecified atom stereocenters. The summed E-state index contributed by atoms with van der Waals surface area (Å²) in [5, 5.41) is 10.3. The van der Waals surface area contributed by atoms with Gasteiger partial charge < -0.3 is 19.5 Å². The molecule has 7 heteroatoms. The van der Waals surface area contributed by atoms with E-state index in [1.54, 1.807) is 6.20 Å². The summed E-state index contributed by atoms with van der Waals surface area (Å²) in [5.74, 6) is 0.00579. The van der Waals surface area contributed by atoms with Crippen LogP contribution in [0.5, 0.6) is 5.88 Å². The Hall–Kier alpha value is -2.67. The van der Waals surface area contributed by atoms with Crippen LogP contribution >= 0.6 is 0 Å². The van der Waals surface area contributed by atoms with Gasteiger partial charge in [-0.1, -0.05) is 27.7 Å². The number of hydrogen-bond donors (Lipinski definition) is 1. The summed E-state index contributed by atoms with van der Waals surface area (Å²) in [4.78, 5) is 24.1. The van der Waals surface area contributed by atoms with Crippen molar-refractivity contribution in [3.8, 4) is 17.0 Å². The smallest absolute Gasteiger partial charge is 0.337 e. The highest BCUT2D eigenvalue weighted by molar-refractivity contribution is 5.86. The standard InChI is InChI=1S/C29H43N3O4/c1-18(2)17-35-26-19(3)14-21(15-31-26)22-16-30-20(4)23(25(27(33)34)36-28(5,6)7)24(22)32-12-10-29(8,9)11-13-32/h14-16,18,25H,10-13,17H2,1-9H3,(H,33,34)/t25-/m0/s1. The molecule has 1 atom stereocenters. The topological polar surface area (TPSA) is 84.8 Å². The average Bonchev–Trinajstić information content (AvgIpc) is 2.76. The molecule has 2 aromatic heterocycles. The van der Waals surface area contributed by atoms with Crippen molar-refractivity contribution in [3.63, 3.8) is 0 Å². The molecule has 198 valence electrons.